The first kappa shape index (κ1) is 27.9. The molecule has 0 atom stereocenters. The second kappa shape index (κ2) is 13.6. The average Bonchev–Trinajstić information content (AvgIpc) is 3.83. The summed E-state index contributed by atoms with van der Waals surface area (Å²) in [5.41, 5.74) is 12.5. The van der Waals surface area contributed by atoms with E-state index in [0.29, 0.717) is 0 Å². The van der Waals surface area contributed by atoms with Gasteiger partial charge in [0.1, 0.15) is 0 Å². The molecule has 0 N–H and O–H groups in total. The molecule has 2 heterocycles. The number of anilines is 3. The molecule has 11 aromatic rings. The van der Waals surface area contributed by atoms with Gasteiger partial charge in [-0.15, -0.1) is 0 Å². The Morgan fingerprint density at radius 3 is 1.28 bits per heavy atom. The molecule has 0 aliphatic carbocycles. The van der Waals surface area contributed by atoms with E-state index in [-0.39, 0.29) is 29.9 Å². The predicted molar refractivity (Wildman–Crippen MR) is 241 cm³/mol. The second-order valence-electron chi connectivity index (χ2n) is 14.2. The van der Waals surface area contributed by atoms with Gasteiger partial charge < -0.3 is 14.0 Å². The summed E-state index contributed by atoms with van der Waals surface area (Å²) >= 11 is 0. The third-order valence-corrected chi connectivity index (χ3v) is 11.0. The fourth-order valence-electron chi connectivity index (χ4n) is 8.39. The van der Waals surface area contributed by atoms with Crippen LogP contribution < -0.4 is 4.90 Å². The van der Waals surface area contributed by atoms with E-state index in [0.717, 1.165) is 88.6 Å². The van der Waals surface area contributed by atoms with Crippen LogP contribution in [0.1, 0.15) is 6.85 Å². The van der Waals surface area contributed by atoms with E-state index < -0.39 is 6.04 Å². The number of aromatic nitrogens is 2. The first-order chi connectivity index (χ1) is 30.4. The summed E-state index contributed by atoms with van der Waals surface area (Å²) in [7, 11) is 0. The largest absolute Gasteiger partial charge is 0.311 e. The number of fused-ring (bicyclic) bond motifs is 6. The van der Waals surface area contributed by atoms with Gasteiger partial charge in [0.25, 0.3) is 0 Å². The minimum absolute atomic E-state index is 0.139. The summed E-state index contributed by atoms with van der Waals surface area (Å²) in [6.45, 7) is 0. The summed E-state index contributed by atoms with van der Waals surface area (Å²) in [4.78, 5) is 2.27. The van der Waals surface area contributed by atoms with Crippen molar-refractivity contribution in [2.24, 2.45) is 0 Å². The lowest BCUT2D eigenvalue weighted by atomic mass is 9.99. The van der Waals surface area contributed by atoms with Crippen LogP contribution in [0, 0.1) is 0 Å². The van der Waals surface area contributed by atoms with Crippen molar-refractivity contribution in [1.29, 1.82) is 0 Å². The summed E-state index contributed by atoms with van der Waals surface area (Å²) in [5, 5.41) is 4.13. The topological polar surface area (TPSA) is 13.1 Å². The molecular formula is C54H37N3. The van der Waals surface area contributed by atoms with Gasteiger partial charge >= 0.3 is 0 Å². The van der Waals surface area contributed by atoms with Crippen LogP contribution in [0.5, 0.6) is 0 Å². The van der Waals surface area contributed by atoms with E-state index in [1.54, 1.807) is 4.57 Å². The highest BCUT2D eigenvalue weighted by Gasteiger charge is 2.18. The van der Waals surface area contributed by atoms with Crippen molar-refractivity contribution >= 4 is 60.7 Å². The predicted octanol–water partition coefficient (Wildman–Crippen LogP) is 14.7. The van der Waals surface area contributed by atoms with E-state index >= 15 is 0 Å². The second-order valence-corrected chi connectivity index (χ2v) is 14.2. The van der Waals surface area contributed by atoms with E-state index in [2.05, 4.69) is 155 Å². The number of rotatable bonds is 7. The molecular weight excluding hydrogens is 691 g/mol. The van der Waals surface area contributed by atoms with E-state index in [1.807, 2.05) is 48.5 Å². The van der Waals surface area contributed by atoms with Crippen molar-refractivity contribution in [3.63, 3.8) is 0 Å². The Balaban J connectivity index is 1.05. The number of benzene rings is 9. The van der Waals surface area contributed by atoms with Crippen LogP contribution >= 0.6 is 0 Å². The molecule has 268 valence electrons. The quantitative estimate of drug-likeness (QED) is 0.159. The molecule has 0 amide bonds. The molecule has 0 aliphatic rings. The van der Waals surface area contributed by atoms with Crippen LogP contribution in [0.2, 0.25) is 0 Å². The van der Waals surface area contributed by atoms with Crippen molar-refractivity contribution in [2.45, 2.75) is 0 Å². The number of nitrogens with zero attached hydrogens (tertiary/aromatic N) is 3. The summed E-state index contributed by atoms with van der Waals surface area (Å²) in [5.74, 6) is 0. The molecule has 0 radical (unpaired) electrons. The molecule has 0 saturated carbocycles. The smallest absolute Gasteiger partial charge is 0.0645 e. The molecule has 2 aromatic heterocycles. The SMILES string of the molecule is [2H]c1c([2H])c([2H])c(-n2c3ccccc3c3cc(-c4ccc5c(c4)c4cc(-c6ccc(N(c7ccccc7)c7ccccc7)cc6)ccc4n5-c4ccccc4)ccc32)c([2H])c1[2H]. The monoisotopic (exact) mass is 732 g/mol. The summed E-state index contributed by atoms with van der Waals surface area (Å²) in [6.07, 6.45) is 0. The van der Waals surface area contributed by atoms with Crippen LogP contribution in [-0.4, -0.2) is 9.13 Å². The molecule has 3 nitrogen and oxygen atoms in total. The Hall–Kier alpha value is -7.62. The lowest BCUT2D eigenvalue weighted by Crippen LogP contribution is -2.09. The molecule has 0 spiro atoms. The van der Waals surface area contributed by atoms with E-state index in [1.165, 1.54) is 0 Å². The number of hydrogen-bond donors (Lipinski definition) is 0. The van der Waals surface area contributed by atoms with Crippen molar-refractivity contribution in [3.8, 4) is 33.6 Å². The molecule has 3 heteroatoms. The minimum atomic E-state index is -0.408. The number of hydrogen-bond acceptors (Lipinski definition) is 1. The maximum atomic E-state index is 8.81. The lowest BCUT2D eigenvalue weighted by molar-refractivity contribution is 1.18. The van der Waals surface area contributed by atoms with Crippen LogP contribution in [-0.2, 0) is 0 Å². The van der Waals surface area contributed by atoms with Gasteiger partial charge in [-0.25, -0.2) is 0 Å². The third-order valence-electron chi connectivity index (χ3n) is 11.0. The molecule has 0 bridgehead atoms. The Bertz CT molecular complexity index is 3440. The third kappa shape index (κ3) is 5.60. The number of para-hydroxylation sites is 5. The van der Waals surface area contributed by atoms with Crippen molar-refractivity contribution in [3.05, 3.63) is 224 Å². The Kier molecular flexibility index (Phi) is 6.65. The summed E-state index contributed by atoms with van der Waals surface area (Å²) in [6, 6.07) is 66.0. The highest BCUT2D eigenvalue weighted by atomic mass is 15.1. The highest BCUT2D eigenvalue weighted by Crippen LogP contribution is 2.40. The van der Waals surface area contributed by atoms with Crippen molar-refractivity contribution < 1.29 is 6.85 Å². The molecule has 0 fully saturated rings. The van der Waals surface area contributed by atoms with Gasteiger partial charge in [0.05, 0.1) is 28.9 Å². The average molecular weight is 733 g/mol. The van der Waals surface area contributed by atoms with E-state index in [9.17, 15) is 0 Å². The molecule has 0 unspecified atom stereocenters. The van der Waals surface area contributed by atoms with Gasteiger partial charge in [-0.1, -0.05) is 121 Å². The zero-order chi connectivity index (χ0) is 42.1. The van der Waals surface area contributed by atoms with E-state index in [4.69, 9.17) is 6.85 Å². The molecule has 0 saturated heterocycles. The van der Waals surface area contributed by atoms with Crippen LogP contribution in [0.15, 0.2) is 224 Å². The van der Waals surface area contributed by atoms with Crippen molar-refractivity contribution in [2.75, 3.05) is 4.90 Å². The lowest BCUT2D eigenvalue weighted by Gasteiger charge is -2.25. The van der Waals surface area contributed by atoms with Crippen molar-refractivity contribution in [1.82, 2.24) is 9.13 Å². The van der Waals surface area contributed by atoms with Crippen LogP contribution in [0.25, 0.3) is 77.2 Å². The maximum Gasteiger partial charge on any atom is 0.0645 e. The Labute approximate surface area is 338 Å². The standard InChI is InChI=1S/C54H37N3/c1-5-15-42(16-6-1)55(43-17-7-2-8-18-43)46-30-25-38(26-31-46)39-27-32-53-49(35-39)50-37-41(29-34-54(50)57(53)45-21-11-4-12-22-45)40-28-33-52-48(36-40)47-23-13-14-24-51(47)56(52)44-19-9-3-10-20-44/h1-37H/i3D,9D,10D,19D,20D. The fourth-order valence-corrected chi connectivity index (χ4v) is 8.39. The van der Waals surface area contributed by atoms with Crippen LogP contribution in [0.4, 0.5) is 17.1 Å². The fraction of sp³-hybridized carbons (Fsp3) is 0. The first-order valence-corrected chi connectivity index (χ1v) is 19.1. The van der Waals surface area contributed by atoms with Crippen LogP contribution in [0.3, 0.4) is 0 Å². The molecule has 11 rings (SSSR count). The minimum Gasteiger partial charge on any atom is -0.311 e. The molecule has 57 heavy (non-hydrogen) atoms. The zero-order valence-electron chi connectivity index (χ0n) is 35.8. The summed E-state index contributed by atoms with van der Waals surface area (Å²) < 4.78 is 46.7. The van der Waals surface area contributed by atoms with Gasteiger partial charge in [0, 0.05) is 50.0 Å². The van der Waals surface area contributed by atoms with Gasteiger partial charge in [-0.05, 0) is 125 Å². The van der Waals surface area contributed by atoms with Gasteiger partial charge in [-0.3, -0.25) is 0 Å². The van der Waals surface area contributed by atoms with Gasteiger partial charge in [0.2, 0.25) is 0 Å². The normalized spacial score (nSPS) is 12.7. The first-order valence-electron chi connectivity index (χ1n) is 21.6. The highest BCUT2D eigenvalue weighted by molar-refractivity contribution is 6.13. The molecule has 9 aromatic carbocycles. The Morgan fingerprint density at radius 1 is 0.316 bits per heavy atom. The zero-order valence-corrected chi connectivity index (χ0v) is 30.8. The maximum absolute atomic E-state index is 8.81. The van der Waals surface area contributed by atoms with Gasteiger partial charge in [-0.2, -0.15) is 0 Å². The Morgan fingerprint density at radius 2 is 0.719 bits per heavy atom. The van der Waals surface area contributed by atoms with Gasteiger partial charge in [0.15, 0.2) is 0 Å². The molecule has 0 aliphatic heterocycles.